The van der Waals surface area contributed by atoms with Gasteiger partial charge in [-0.25, -0.2) is 0 Å². The van der Waals surface area contributed by atoms with Crippen LogP contribution in [0.25, 0.3) is 0 Å². The van der Waals surface area contributed by atoms with E-state index >= 15 is 0 Å². The van der Waals surface area contributed by atoms with E-state index in [1.807, 2.05) is 19.1 Å². The summed E-state index contributed by atoms with van der Waals surface area (Å²) in [5, 5.41) is 0. The lowest BCUT2D eigenvalue weighted by Gasteiger charge is -2.09. The molecule has 0 saturated carbocycles. The maximum Gasteiger partial charge on any atom is 0.222 e. The molecule has 0 bridgehead atoms. The van der Waals surface area contributed by atoms with Gasteiger partial charge in [0.2, 0.25) is 5.91 Å². The van der Waals surface area contributed by atoms with Crippen LogP contribution in [0.1, 0.15) is 28.8 Å². The molecule has 16 heavy (non-hydrogen) atoms. The normalized spacial score (nSPS) is 9.94. The highest BCUT2D eigenvalue weighted by Crippen LogP contribution is 2.08. The van der Waals surface area contributed by atoms with Crippen molar-refractivity contribution in [1.82, 2.24) is 4.90 Å². The molecule has 0 unspecified atom stereocenters. The van der Waals surface area contributed by atoms with Crippen molar-refractivity contribution >= 4 is 11.7 Å². The molecule has 86 valence electrons. The second kappa shape index (κ2) is 5.45. The van der Waals surface area contributed by atoms with Gasteiger partial charge in [-0.05, 0) is 6.92 Å². The highest BCUT2D eigenvalue weighted by molar-refractivity contribution is 5.97. The third-order valence-electron chi connectivity index (χ3n) is 2.44. The van der Waals surface area contributed by atoms with Gasteiger partial charge in [0.05, 0.1) is 0 Å². The van der Waals surface area contributed by atoms with Crippen LogP contribution in [-0.2, 0) is 4.79 Å². The molecule has 0 aromatic heterocycles. The zero-order valence-corrected chi connectivity index (χ0v) is 9.99. The van der Waals surface area contributed by atoms with E-state index in [1.165, 1.54) is 4.90 Å². The van der Waals surface area contributed by atoms with Crippen LogP contribution in [0.15, 0.2) is 24.3 Å². The van der Waals surface area contributed by atoms with E-state index in [0.717, 1.165) is 5.56 Å². The predicted octanol–water partition coefficient (Wildman–Crippen LogP) is 2.05. The number of hydrogen-bond acceptors (Lipinski definition) is 2. The lowest BCUT2D eigenvalue weighted by Crippen LogP contribution is -2.22. The molecular formula is C13H17NO2. The van der Waals surface area contributed by atoms with Crippen LogP contribution in [0, 0.1) is 6.92 Å². The number of amides is 1. The molecular weight excluding hydrogens is 202 g/mol. The van der Waals surface area contributed by atoms with E-state index in [1.54, 1.807) is 26.2 Å². The lowest BCUT2D eigenvalue weighted by atomic mass is 10.0. The molecule has 0 aliphatic rings. The van der Waals surface area contributed by atoms with Crippen molar-refractivity contribution in [3.8, 4) is 0 Å². The topological polar surface area (TPSA) is 37.4 Å². The summed E-state index contributed by atoms with van der Waals surface area (Å²) in [6.07, 6.45) is 0.555. The molecule has 0 heterocycles. The van der Waals surface area contributed by atoms with Crippen LogP contribution in [-0.4, -0.2) is 30.7 Å². The standard InChI is InChI=1S/C13H17NO2/c1-10-4-6-11(7-5-10)12(15)8-9-13(16)14(2)3/h4-7H,8-9H2,1-3H3. The Kier molecular flexibility index (Phi) is 4.23. The number of ketones is 1. The fourth-order valence-electron chi connectivity index (χ4n) is 1.33. The number of rotatable bonds is 4. The van der Waals surface area contributed by atoms with E-state index in [9.17, 15) is 9.59 Å². The molecule has 0 fully saturated rings. The van der Waals surface area contributed by atoms with Crippen molar-refractivity contribution in [2.75, 3.05) is 14.1 Å². The first-order chi connectivity index (χ1) is 7.50. The van der Waals surface area contributed by atoms with Crippen LogP contribution in [0.4, 0.5) is 0 Å². The Morgan fingerprint density at radius 1 is 1.06 bits per heavy atom. The average Bonchev–Trinajstić information content (AvgIpc) is 2.26. The van der Waals surface area contributed by atoms with Gasteiger partial charge in [-0.2, -0.15) is 0 Å². The molecule has 1 aromatic carbocycles. The molecule has 0 spiro atoms. The predicted molar refractivity (Wildman–Crippen MR) is 63.4 cm³/mol. The highest BCUT2D eigenvalue weighted by Gasteiger charge is 2.09. The minimum Gasteiger partial charge on any atom is -0.349 e. The Bertz CT molecular complexity index is 379. The Balaban J connectivity index is 2.53. The lowest BCUT2D eigenvalue weighted by molar-refractivity contribution is -0.128. The molecule has 1 amide bonds. The molecule has 0 atom stereocenters. The van der Waals surface area contributed by atoms with Crippen molar-refractivity contribution in [3.63, 3.8) is 0 Å². The fraction of sp³-hybridized carbons (Fsp3) is 0.385. The summed E-state index contributed by atoms with van der Waals surface area (Å²) < 4.78 is 0. The van der Waals surface area contributed by atoms with Gasteiger partial charge in [0, 0.05) is 32.5 Å². The third kappa shape index (κ3) is 3.50. The molecule has 0 aliphatic carbocycles. The fourth-order valence-corrected chi connectivity index (χ4v) is 1.33. The van der Waals surface area contributed by atoms with Crippen molar-refractivity contribution in [2.45, 2.75) is 19.8 Å². The Labute approximate surface area is 96.1 Å². The summed E-state index contributed by atoms with van der Waals surface area (Å²) in [6, 6.07) is 7.41. The second-order valence-electron chi connectivity index (χ2n) is 4.08. The summed E-state index contributed by atoms with van der Waals surface area (Å²) in [4.78, 5) is 24.5. The van der Waals surface area contributed by atoms with Crippen molar-refractivity contribution in [1.29, 1.82) is 0 Å². The summed E-state index contributed by atoms with van der Waals surface area (Å²) in [5.74, 6) is 0.00987. The molecule has 0 aliphatic heterocycles. The molecule has 0 N–H and O–H groups in total. The number of Topliss-reactive ketones (excluding diaryl/α,β-unsaturated/α-hetero) is 1. The van der Waals surface area contributed by atoms with Gasteiger partial charge in [0.15, 0.2) is 5.78 Å². The average molecular weight is 219 g/mol. The largest absolute Gasteiger partial charge is 0.349 e. The van der Waals surface area contributed by atoms with Crippen LogP contribution < -0.4 is 0 Å². The number of aryl methyl sites for hydroxylation is 1. The first-order valence-electron chi connectivity index (χ1n) is 5.30. The molecule has 3 heteroatoms. The smallest absolute Gasteiger partial charge is 0.222 e. The first kappa shape index (κ1) is 12.4. The Morgan fingerprint density at radius 2 is 1.62 bits per heavy atom. The van der Waals surface area contributed by atoms with Gasteiger partial charge in [0.1, 0.15) is 0 Å². The summed E-state index contributed by atoms with van der Waals surface area (Å²) in [6.45, 7) is 1.98. The first-order valence-corrected chi connectivity index (χ1v) is 5.30. The number of carbonyl (C=O) groups excluding carboxylic acids is 2. The van der Waals surface area contributed by atoms with E-state index < -0.39 is 0 Å². The van der Waals surface area contributed by atoms with Crippen LogP contribution >= 0.6 is 0 Å². The zero-order valence-electron chi connectivity index (χ0n) is 9.99. The SMILES string of the molecule is Cc1ccc(C(=O)CCC(=O)N(C)C)cc1. The number of carbonyl (C=O) groups is 2. The number of benzene rings is 1. The van der Waals surface area contributed by atoms with Gasteiger partial charge in [0.25, 0.3) is 0 Å². The Hall–Kier alpha value is -1.64. The quantitative estimate of drug-likeness (QED) is 0.727. The molecule has 1 rings (SSSR count). The molecule has 3 nitrogen and oxygen atoms in total. The molecule has 0 saturated heterocycles. The molecule has 1 aromatic rings. The minimum absolute atomic E-state index is 0.0135. The number of hydrogen-bond donors (Lipinski definition) is 0. The van der Waals surface area contributed by atoms with Crippen molar-refractivity contribution in [2.24, 2.45) is 0 Å². The monoisotopic (exact) mass is 219 g/mol. The highest BCUT2D eigenvalue weighted by atomic mass is 16.2. The van der Waals surface area contributed by atoms with Gasteiger partial charge >= 0.3 is 0 Å². The maximum absolute atomic E-state index is 11.7. The third-order valence-corrected chi connectivity index (χ3v) is 2.44. The van der Waals surface area contributed by atoms with E-state index in [4.69, 9.17) is 0 Å². The van der Waals surface area contributed by atoms with E-state index in [0.29, 0.717) is 5.56 Å². The summed E-state index contributed by atoms with van der Waals surface area (Å²) >= 11 is 0. The second-order valence-corrected chi connectivity index (χ2v) is 4.08. The van der Waals surface area contributed by atoms with Crippen LogP contribution in [0.3, 0.4) is 0 Å². The Morgan fingerprint density at radius 3 is 2.12 bits per heavy atom. The van der Waals surface area contributed by atoms with Crippen LogP contribution in [0.5, 0.6) is 0 Å². The van der Waals surface area contributed by atoms with E-state index in [2.05, 4.69) is 0 Å². The maximum atomic E-state index is 11.7. The summed E-state index contributed by atoms with van der Waals surface area (Å²) in [7, 11) is 3.39. The van der Waals surface area contributed by atoms with Crippen molar-refractivity contribution < 1.29 is 9.59 Å². The zero-order chi connectivity index (χ0) is 12.1. The van der Waals surface area contributed by atoms with Gasteiger partial charge in [-0.1, -0.05) is 29.8 Å². The van der Waals surface area contributed by atoms with Crippen LogP contribution in [0.2, 0.25) is 0 Å². The summed E-state index contributed by atoms with van der Waals surface area (Å²) in [5.41, 5.74) is 1.80. The van der Waals surface area contributed by atoms with Crippen molar-refractivity contribution in [3.05, 3.63) is 35.4 Å². The number of nitrogens with zero attached hydrogens (tertiary/aromatic N) is 1. The van der Waals surface area contributed by atoms with Gasteiger partial charge in [-0.3, -0.25) is 9.59 Å². The van der Waals surface area contributed by atoms with Gasteiger partial charge in [-0.15, -0.1) is 0 Å². The molecule has 0 radical (unpaired) electrons. The van der Waals surface area contributed by atoms with E-state index in [-0.39, 0.29) is 24.5 Å². The van der Waals surface area contributed by atoms with Gasteiger partial charge < -0.3 is 4.90 Å². The minimum atomic E-state index is -0.0135.